The summed E-state index contributed by atoms with van der Waals surface area (Å²) in [5, 5.41) is 0. The van der Waals surface area contributed by atoms with Gasteiger partial charge in [-0.3, -0.25) is 14.7 Å². The maximum Gasteiger partial charge on any atom is 0.304 e. The minimum atomic E-state index is -4.23. The second-order valence-corrected chi connectivity index (χ2v) is 11.6. The maximum absolute atomic E-state index is 15.0. The summed E-state index contributed by atoms with van der Waals surface area (Å²) < 4.78 is 69.8. The monoisotopic (exact) mass is 587 g/mol. The Hall–Kier alpha value is -3.68. The standard InChI is InChI=1S/C28H31F2N5O5S/c1-2-23(22-11-9-20(18-32-22)39-25-8-3-4-13-31-25)40-24-12-10-21(26(29)27(24)30)28(36)33-41(37,38)35-16-14-34(15-17-35)19-6-5-7-19/h3-4,8-13,18-19,23H,2,5-7,14-17H2,1H3,(H,33,36)/t23-/m1/s1. The van der Waals surface area contributed by atoms with Crippen LogP contribution < -0.4 is 14.2 Å². The SMILES string of the molecule is CC[C@@H](Oc1ccc(C(=O)NS(=O)(=O)N2CCN(C3CCC3)CC2)c(F)c1F)c1ccc(Oc2ccccn2)cn1. The van der Waals surface area contributed by atoms with E-state index in [2.05, 4.69) is 14.9 Å². The van der Waals surface area contributed by atoms with Gasteiger partial charge in [0.15, 0.2) is 11.6 Å². The molecule has 1 amide bonds. The molecule has 0 bridgehead atoms. The van der Waals surface area contributed by atoms with E-state index in [1.54, 1.807) is 43.5 Å². The van der Waals surface area contributed by atoms with E-state index in [1.807, 2.05) is 4.72 Å². The third-order valence-electron chi connectivity index (χ3n) is 7.31. The number of piperazine rings is 1. The molecule has 218 valence electrons. The van der Waals surface area contributed by atoms with Gasteiger partial charge in [-0.2, -0.15) is 17.1 Å². The van der Waals surface area contributed by atoms with Gasteiger partial charge in [0.25, 0.3) is 5.91 Å². The van der Waals surface area contributed by atoms with Crippen molar-refractivity contribution < 1.29 is 31.5 Å². The number of hydrogen-bond donors (Lipinski definition) is 1. The lowest BCUT2D eigenvalue weighted by Crippen LogP contribution is -2.56. The summed E-state index contributed by atoms with van der Waals surface area (Å²) in [6, 6.07) is 11.1. The zero-order chi connectivity index (χ0) is 29.0. The van der Waals surface area contributed by atoms with E-state index in [4.69, 9.17) is 9.47 Å². The van der Waals surface area contributed by atoms with Crippen molar-refractivity contribution in [2.24, 2.45) is 0 Å². The summed E-state index contributed by atoms with van der Waals surface area (Å²) in [6.07, 6.45) is 6.10. The highest BCUT2D eigenvalue weighted by atomic mass is 32.2. The first kappa shape index (κ1) is 28.8. The zero-order valence-corrected chi connectivity index (χ0v) is 23.3. The van der Waals surface area contributed by atoms with E-state index in [-0.39, 0.29) is 13.1 Å². The number of nitrogens with zero attached hydrogens (tertiary/aromatic N) is 4. The van der Waals surface area contributed by atoms with Crippen molar-refractivity contribution in [2.75, 3.05) is 26.2 Å². The van der Waals surface area contributed by atoms with Gasteiger partial charge in [-0.1, -0.05) is 19.4 Å². The molecule has 1 aliphatic carbocycles. The van der Waals surface area contributed by atoms with Crippen LogP contribution in [0.5, 0.6) is 17.4 Å². The van der Waals surface area contributed by atoms with Crippen molar-refractivity contribution in [3.8, 4) is 17.4 Å². The average Bonchev–Trinajstić information content (AvgIpc) is 2.94. The Morgan fingerprint density at radius 1 is 1.05 bits per heavy atom. The van der Waals surface area contributed by atoms with Crippen molar-refractivity contribution >= 4 is 16.1 Å². The molecule has 3 aromatic rings. The molecule has 1 N–H and O–H groups in total. The van der Waals surface area contributed by atoms with Crippen molar-refractivity contribution in [1.82, 2.24) is 23.9 Å². The van der Waals surface area contributed by atoms with Gasteiger partial charge < -0.3 is 9.47 Å². The predicted octanol–water partition coefficient (Wildman–Crippen LogP) is 4.22. The molecule has 2 aliphatic rings. The molecule has 41 heavy (non-hydrogen) atoms. The molecule has 2 aromatic heterocycles. The highest BCUT2D eigenvalue weighted by molar-refractivity contribution is 7.87. The second-order valence-electron chi connectivity index (χ2n) is 9.90. The van der Waals surface area contributed by atoms with Gasteiger partial charge in [0.2, 0.25) is 11.7 Å². The molecule has 5 rings (SSSR count). The molecule has 2 fully saturated rings. The predicted molar refractivity (Wildman–Crippen MR) is 146 cm³/mol. The van der Waals surface area contributed by atoms with Crippen molar-refractivity contribution in [1.29, 1.82) is 0 Å². The van der Waals surface area contributed by atoms with E-state index >= 15 is 0 Å². The molecule has 1 aliphatic heterocycles. The van der Waals surface area contributed by atoms with Crippen LogP contribution in [0.4, 0.5) is 8.78 Å². The van der Waals surface area contributed by atoms with E-state index < -0.39 is 45.2 Å². The fourth-order valence-electron chi connectivity index (χ4n) is 4.77. The summed E-state index contributed by atoms with van der Waals surface area (Å²) in [5.74, 6) is -3.77. The number of aromatic nitrogens is 2. The van der Waals surface area contributed by atoms with Gasteiger partial charge in [0.05, 0.1) is 17.5 Å². The molecule has 1 aromatic carbocycles. The normalized spacial score (nSPS) is 17.4. The first-order chi connectivity index (χ1) is 19.7. The number of amides is 1. The topological polar surface area (TPSA) is 114 Å². The highest BCUT2D eigenvalue weighted by Gasteiger charge is 2.33. The number of hydrogen-bond acceptors (Lipinski definition) is 8. The molecule has 1 saturated heterocycles. The highest BCUT2D eigenvalue weighted by Crippen LogP contribution is 2.30. The molecule has 1 atom stereocenters. The van der Waals surface area contributed by atoms with Crippen LogP contribution in [-0.4, -0.2) is 65.7 Å². The molecule has 13 heteroatoms. The lowest BCUT2D eigenvalue weighted by molar-refractivity contribution is 0.0871. The fraction of sp³-hybridized carbons (Fsp3) is 0.393. The number of pyridine rings is 2. The Labute approximate surface area is 237 Å². The number of nitrogens with one attached hydrogen (secondary N) is 1. The van der Waals surface area contributed by atoms with Crippen LogP contribution in [-0.2, 0) is 10.2 Å². The summed E-state index contributed by atoms with van der Waals surface area (Å²) in [6.45, 7) is 3.33. The summed E-state index contributed by atoms with van der Waals surface area (Å²) >= 11 is 0. The quantitative estimate of drug-likeness (QED) is 0.375. The van der Waals surface area contributed by atoms with Crippen molar-refractivity contribution in [3.05, 3.63) is 77.8 Å². The van der Waals surface area contributed by atoms with E-state index in [9.17, 15) is 22.0 Å². The van der Waals surface area contributed by atoms with Crippen molar-refractivity contribution in [2.45, 2.75) is 44.8 Å². The molecular weight excluding hydrogens is 556 g/mol. The first-order valence-corrected chi connectivity index (χ1v) is 14.9. The minimum absolute atomic E-state index is 0.214. The summed E-state index contributed by atoms with van der Waals surface area (Å²) in [5.41, 5.74) is -0.292. The third-order valence-corrected chi connectivity index (χ3v) is 8.80. The van der Waals surface area contributed by atoms with Gasteiger partial charge in [-0.05, 0) is 49.6 Å². The van der Waals surface area contributed by atoms with Crippen LogP contribution >= 0.6 is 0 Å². The van der Waals surface area contributed by atoms with Gasteiger partial charge in [0, 0.05) is 44.5 Å². The first-order valence-electron chi connectivity index (χ1n) is 13.5. The van der Waals surface area contributed by atoms with Gasteiger partial charge in [0.1, 0.15) is 11.9 Å². The van der Waals surface area contributed by atoms with Crippen LogP contribution in [0.2, 0.25) is 0 Å². The number of halogens is 2. The Morgan fingerprint density at radius 3 is 2.44 bits per heavy atom. The summed E-state index contributed by atoms with van der Waals surface area (Å²) in [7, 11) is -4.23. The largest absolute Gasteiger partial charge is 0.481 e. The van der Waals surface area contributed by atoms with Crippen LogP contribution in [0.1, 0.15) is 54.8 Å². The summed E-state index contributed by atoms with van der Waals surface area (Å²) in [4.78, 5) is 23.3. The van der Waals surface area contributed by atoms with E-state index in [0.717, 1.165) is 29.3 Å². The van der Waals surface area contributed by atoms with Crippen molar-refractivity contribution in [3.63, 3.8) is 0 Å². The number of benzene rings is 1. The molecule has 0 spiro atoms. The number of rotatable bonds is 10. The Kier molecular flexibility index (Phi) is 8.76. The molecular formula is C28H31F2N5O5S. The fourth-order valence-corrected chi connectivity index (χ4v) is 5.89. The van der Waals surface area contributed by atoms with Gasteiger partial charge in [-0.15, -0.1) is 0 Å². The molecule has 3 heterocycles. The lowest BCUT2D eigenvalue weighted by atomic mass is 9.91. The zero-order valence-electron chi connectivity index (χ0n) is 22.5. The molecule has 0 radical (unpaired) electrons. The average molecular weight is 588 g/mol. The van der Waals surface area contributed by atoms with Crippen LogP contribution in [0.3, 0.4) is 0 Å². The van der Waals surface area contributed by atoms with Crippen LogP contribution in [0.15, 0.2) is 54.9 Å². The Bertz CT molecular complexity index is 1470. The molecule has 0 unspecified atom stereocenters. The van der Waals surface area contributed by atoms with Gasteiger partial charge >= 0.3 is 10.2 Å². The Balaban J connectivity index is 1.22. The van der Waals surface area contributed by atoms with Crippen LogP contribution in [0, 0.1) is 11.6 Å². The number of carbonyl (C=O) groups excluding carboxylic acids is 1. The third kappa shape index (κ3) is 6.63. The lowest BCUT2D eigenvalue weighted by Gasteiger charge is -2.42. The molecule has 1 saturated carbocycles. The number of ether oxygens (including phenoxy) is 2. The number of carbonyl (C=O) groups is 1. The Morgan fingerprint density at radius 2 is 1.83 bits per heavy atom. The van der Waals surface area contributed by atoms with Crippen LogP contribution in [0.25, 0.3) is 0 Å². The van der Waals surface area contributed by atoms with E-state index in [1.165, 1.54) is 12.6 Å². The second kappa shape index (κ2) is 12.5. The van der Waals surface area contributed by atoms with Gasteiger partial charge in [-0.25, -0.2) is 14.1 Å². The molecule has 10 nitrogen and oxygen atoms in total. The smallest absolute Gasteiger partial charge is 0.304 e. The van der Waals surface area contributed by atoms with E-state index in [0.29, 0.717) is 42.9 Å². The maximum atomic E-state index is 15.0. The minimum Gasteiger partial charge on any atom is -0.481 e.